The zero-order valence-electron chi connectivity index (χ0n) is 20.0. The minimum atomic E-state index is -0.993. The Kier molecular flexibility index (Phi) is 4.44. The Labute approximate surface area is 191 Å². The van der Waals surface area contributed by atoms with Gasteiger partial charge in [0.15, 0.2) is 0 Å². The topological polar surface area (TPSA) is 61.8 Å². The third kappa shape index (κ3) is 2.81. The summed E-state index contributed by atoms with van der Waals surface area (Å²) in [6, 6.07) is 0. The van der Waals surface area contributed by atoms with E-state index >= 15 is 0 Å². The number of fused-ring (bicyclic) bond motifs is 1. The zero-order chi connectivity index (χ0) is 22.6. The van der Waals surface area contributed by atoms with Gasteiger partial charge in [0.1, 0.15) is 18.3 Å². The van der Waals surface area contributed by atoms with Crippen LogP contribution in [0.1, 0.15) is 72.6 Å². The van der Waals surface area contributed by atoms with Gasteiger partial charge in [0.2, 0.25) is 0 Å². The van der Waals surface area contributed by atoms with Crippen molar-refractivity contribution in [1.29, 1.82) is 0 Å². The molecule has 6 bridgehead atoms. The zero-order valence-corrected chi connectivity index (χ0v) is 20.0. The van der Waals surface area contributed by atoms with E-state index in [0.29, 0.717) is 29.6 Å². The van der Waals surface area contributed by atoms with Gasteiger partial charge in [-0.2, -0.15) is 0 Å². The van der Waals surface area contributed by atoms with Crippen molar-refractivity contribution in [2.45, 2.75) is 91.0 Å². The summed E-state index contributed by atoms with van der Waals surface area (Å²) < 4.78 is 18.3. The third-order valence-corrected chi connectivity index (χ3v) is 10.8. The lowest BCUT2D eigenvalue weighted by atomic mass is 9.55. The van der Waals surface area contributed by atoms with E-state index in [9.17, 15) is 9.59 Å². The molecule has 5 heteroatoms. The average Bonchev–Trinajstić information content (AvgIpc) is 3.35. The third-order valence-electron chi connectivity index (χ3n) is 10.8. The number of rotatable bonds is 5. The standard InChI is InChI=1S/C27H38O5/c1-13-19-11-18-12-20(19)23(30-13)22(18)32-25(29)27(4,5)26(2,3)24(28)31-21-16-7-14-6-15(9-16)10-17(21)8-14/h14-23H,1,6-12H2,2-5H3. The molecule has 5 nitrogen and oxygen atoms in total. The molecule has 0 aromatic carbocycles. The molecule has 0 radical (unpaired) electrons. The SMILES string of the molecule is C=C1OC2C3CC(CC13)C2OC(=O)C(C)(C)C(C)(C)C(=O)OC1C2CC3CC(C2)CC1C3. The monoisotopic (exact) mass is 442 g/mol. The summed E-state index contributed by atoms with van der Waals surface area (Å²) >= 11 is 0. The van der Waals surface area contributed by atoms with E-state index in [2.05, 4.69) is 6.58 Å². The van der Waals surface area contributed by atoms with E-state index in [1.54, 1.807) is 0 Å². The summed E-state index contributed by atoms with van der Waals surface area (Å²) in [6.45, 7) is 11.4. The number of hydrogen-bond acceptors (Lipinski definition) is 5. The summed E-state index contributed by atoms with van der Waals surface area (Å²) in [7, 11) is 0. The quantitative estimate of drug-likeness (QED) is 0.568. The van der Waals surface area contributed by atoms with Crippen LogP contribution in [0.4, 0.5) is 0 Å². The molecule has 6 aliphatic carbocycles. The minimum Gasteiger partial charge on any atom is -0.491 e. The molecule has 1 aliphatic heterocycles. The van der Waals surface area contributed by atoms with Crippen LogP contribution in [-0.4, -0.2) is 30.3 Å². The molecule has 7 fully saturated rings. The molecule has 176 valence electrons. The predicted molar refractivity (Wildman–Crippen MR) is 118 cm³/mol. The smallest absolute Gasteiger partial charge is 0.313 e. The Morgan fingerprint density at radius 2 is 1.28 bits per heavy atom. The first-order valence-corrected chi connectivity index (χ1v) is 12.8. The Morgan fingerprint density at radius 3 is 1.84 bits per heavy atom. The molecule has 6 saturated carbocycles. The van der Waals surface area contributed by atoms with Crippen molar-refractivity contribution < 1.29 is 23.8 Å². The Balaban J connectivity index is 1.14. The van der Waals surface area contributed by atoms with Crippen molar-refractivity contribution in [3.63, 3.8) is 0 Å². The first-order valence-electron chi connectivity index (χ1n) is 12.8. The van der Waals surface area contributed by atoms with Crippen molar-refractivity contribution in [2.24, 2.45) is 52.3 Å². The molecule has 7 rings (SSSR count). The highest BCUT2D eigenvalue weighted by Crippen LogP contribution is 2.59. The van der Waals surface area contributed by atoms with Gasteiger partial charge in [-0.3, -0.25) is 9.59 Å². The number of esters is 2. The summed E-state index contributed by atoms with van der Waals surface area (Å²) in [5.74, 6) is 4.19. The van der Waals surface area contributed by atoms with E-state index in [0.717, 1.165) is 30.4 Å². The lowest BCUT2D eigenvalue weighted by Crippen LogP contribution is -2.54. The number of carbonyl (C=O) groups excluding carboxylic acids is 2. The van der Waals surface area contributed by atoms with Gasteiger partial charge >= 0.3 is 11.9 Å². The molecule has 1 saturated heterocycles. The summed E-state index contributed by atoms with van der Waals surface area (Å²) in [5, 5.41) is 0. The number of carbonyl (C=O) groups is 2. The predicted octanol–water partition coefficient (Wildman–Crippen LogP) is 4.89. The van der Waals surface area contributed by atoms with Crippen LogP contribution in [0, 0.1) is 52.3 Å². The average molecular weight is 443 g/mol. The van der Waals surface area contributed by atoms with Crippen LogP contribution in [0.5, 0.6) is 0 Å². The van der Waals surface area contributed by atoms with Gasteiger partial charge in [0.05, 0.1) is 16.6 Å². The van der Waals surface area contributed by atoms with Crippen molar-refractivity contribution in [1.82, 2.24) is 0 Å². The van der Waals surface area contributed by atoms with Crippen LogP contribution in [0.2, 0.25) is 0 Å². The van der Waals surface area contributed by atoms with Crippen molar-refractivity contribution in [2.75, 3.05) is 0 Å². The van der Waals surface area contributed by atoms with E-state index in [1.165, 1.54) is 32.1 Å². The van der Waals surface area contributed by atoms with E-state index < -0.39 is 10.8 Å². The van der Waals surface area contributed by atoms with Crippen LogP contribution in [0.25, 0.3) is 0 Å². The van der Waals surface area contributed by atoms with Gasteiger partial charge < -0.3 is 14.2 Å². The number of allylic oxidation sites excluding steroid dienone is 1. The summed E-state index contributed by atoms with van der Waals surface area (Å²) in [5.41, 5.74) is -1.97. The van der Waals surface area contributed by atoms with Crippen LogP contribution in [0.3, 0.4) is 0 Å². The second-order valence-electron chi connectivity index (χ2n) is 13.0. The Bertz CT molecular complexity index is 828. The fourth-order valence-corrected chi connectivity index (χ4v) is 8.32. The summed E-state index contributed by atoms with van der Waals surface area (Å²) in [6.07, 6.45) is 7.97. The second-order valence-corrected chi connectivity index (χ2v) is 13.0. The molecular formula is C27H38O5. The fraction of sp³-hybridized carbons (Fsp3) is 0.852. The molecule has 5 atom stereocenters. The lowest BCUT2D eigenvalue weighted by Gasteiger charge is -2.54. The van der Waals surface area contributed by atoms with Crippen molar-refractivity contribution in [3.05, 3.63) is 12.3 Å². The molecule has 0 N–H and O–H groups in total. The number of hydrogen-bond donors (Lipinski definition) is 0. The highest BCUT2D eigenvalue weighted by atomic mass is 16.6. The molecule has 0 amide bonds. The van der Waals surface area contributed by atoms with E-state index in [1.807, 2.05) is 27.7 Å². The van der Waals surface area contributed by atoms with Crippen LogP contribution >= 0.6 is 0 Å². The van der Waals surface area contributed by atoms with Gasteiger partial charge in [-0.15, -0.1) is 0 Å². The van der Waals surface area contributed by atoms with Crippen molar-refractivity contribution in [3.8, 4) is 0 Å². The van der Waals surface area contributed by atoms with Crippen LogP contribution < -0.4 is 0 Å². The minimum absolute atomic E-state index is 0.0294. The fourth-order valence-electron chi connectivity index (χ4n) is 8.32. The maximum absolute atomic E-state index is 13.5. The first kappa shape index (κ1) is 21.0. The van der Waals surface area contributed by atoms with Gasteiger partial charge in [-0.1, -0.05) is 6.58 Å². The molecule has 7 aliphatic rings. The van der Waals surface area contributed by atoms with E-state index in [-0.39, 0.29) is 30.3 Å². The maximum atomic E-state index is 13.5. The normalized spacial score (nSPS) is 45.8. The largest absolute Gasteiger partial charge is 0.491 e. The highest BCUT2D eigenvalue weighted by Gasteiger charge is 2.62. The van der Waals surface area contributed by atoms with Crippen molar-refractivity contribution >= 4 is 11.9 Å². The van der Waals surface area contributed by atoms with Gasteiger partial charge in [-0.25, -0.2) is 0 Å². The van der Waals surface area contributed by atoms with E-state index in [4.69, 9.17) is 14.2 Å². The second kappa shape index (κ2) is 6.76. The van der Waals surface area contributed by atoms with Gasteiger partial charge in [0, 0.05) is 17.8 Å². The molecule has 1 heterocycles. The molecular weight excluding hydrogens is 404 g/mol. The van der Waals surface area contributed by atoms with Crippen LogP contribution in [0.15, 0.2) is 12.3 Å². The Hall–Kier alpha value is -1.52. The first-order chi connectivity index (χ1) is 15.1. The molecule has 5 unspecified atom stereocenters. The molecule has 32 heavy (non-hydrogen) atoms. The van der Waals surface area contributed by atoms with Gasteiger partial charge in [0.25, 0.3) is 0 Å². The van der Waals surface area contributed by atoms with Gasteiger partial charge in [-0.05, 0) is 96.3 Å². The lowest BCUT2D eigenvalue weighted by molar-refractivity contribution is -0.195. The number of ether oxygens (including phenoxy) is 3. The Morgan fingerprint density at radius 1 is 0.781 bits per heavy atom. The summed E-state index contributed by atoms with van der Waals surface area (Å²) in [4.78, 5) is 26.9. The molecule has 0 aromatic heterocycles. The van der Waals surface area contributed by atoms with Crippen LogP contribution in [-0.2, 0) is 23.8 Å². The molecule has 0 spiro atoms. The highest BCUT2D eigenvalue weighted by molar-refractivity contribution is 5.87. The maximum Gasteiger partial charge on any atom is 0.313 e. The molecule has 0 aromatic rings.